The first-order valence-electron chi connectivity index (χ1n) is 6.77. The van der Waals surface area contributed by atoms with Gasteiger partial charge in [0.1, 0.15) is 5.75 Å². The summed E-state index contributed by atoms with van der Waals surface area (Å²) in [5.41, 5.74) is 10.2. The molecule has 0 amide bonds. The van der Waals surface area contributed by atoms with E-state index in [4.69, 9.17) is 10.3 Å². The van der Waals surface area contributed by atoms with E-state index in [-0.39, 0.29) is 5.41 Å². The molecule has 0 aliphatic carbocycles. The fraction of sp³-hybridized carbons (Fsp3) is 0.600. The van der Waals surface area contributed by atoms with Crippen molar-refractivity contribution in [1.29, 1.82) is 0 Å². The SMILES string of the molecule is COc1ccc(C(C)(C)C)cc1C(O)CCCN=[N+]=[N-]. The van der Waals surface area contributed by atoms with E-state index in [0.717, 1.165) is 11.1 Å². The number of ether oxygens (including phenoxy) is 1. The predicted octanol–water partition coefficient (Wildman–Crippen LogP) is 4.12. The van der Waals surface area contributed by atoms with E-state index in [2.05, 4.69) is 30.8 Å². The molecule has 0 radical (unpaired) electrons. The first kappa shape index (κ1) is 16.3. The van der Waals surface area contributed by atoms with Gasteiger partial charge in [-0.15, -0.1) is 0 Å². The van der Waals surface area contributed by atoms with Gasteiger partial charge >= 0.3 is 0 Å². The second kappa shape index (κ2) is 7.17. The number of hydrogen-bond acceptors (Lipinski definition) is 3. The van der Waals surface area contributed by atoms with Gasteiger partial charge in [0.2, 0.25) is 0 Å². The molecule has 1 atom stereocenters. The predicted molar refractivity (Wildman–Crippen MR) is 79.9 cm³/mol. The van der Waals surface area contributed by atoms with E-state index in [1.165, 1.54) is 0 Å². The molecule has 1 aromatic rings. The number of hydrogen-bond donors (Lipinski definition) is 1. The second-order valence-corrected chi connectivity index (χ2v) is 5.82. The number of azide groups is 1. The maximum atomic E-state index is 10.3. The van der Waals surface area contributed by atoms with Gasteiger partial charge < -0.3 is 9.84 Å². The van der Waals surface area contributed by atoms with E-state index in [9.17, 15) is 5.11 Å². The third kappa shape index (κ3) is 4.44. The van der Waals surface area contributed by atoms with Crippen LogP contribution < -0.4 is 4.74 Å². The highest BCUT2D eigenvalue weighted by Crippen LogP contribution is 2.33. The Morgan fingerprint density at radius 3 is 2.65 bits per heavy atom. The Labute approximate surface area is 120 Å². The Kier molecular flexibility index (Phi) is 5.86. The van der Waals surface area contributed by atoms with Crippen LogP contribution in [0.3, 0.4) is 0 Å². The van der Waals surface area contributed by atoms with Crippen LogP contribution in [0.2, 0.25) is 0 Å². The molecule has 5 nitrogen and oxygen atoms in total. The number of rotatable bonds is 6. The Balaban J connectivity index is 2.92. The van der Waals surface area contributed by atoms with E-state index in [0.29, 0.717) is 25.1 Å². The molecular weight excluding hydrogens is 254 g/mol. The van der Waals surface area contributed by atoms with Crippen LogP contribution in [0.25, 0.3) is 10.4 Å². The first-order valence-corrected chi connectivity index (χ1v) is 6.77. The molecule has 1 aromatic carbocycles. The maximum Gasteiger partial charge on any atom is 0.124 e. The lowest BCUT2D eigenvalue weighted by Gasteiger charge is -2.22. The van der Waals surface area contributed by atoms with Crippen molar-refractivity contribution < 1.29 is 9.84 Å². The Morgan fingerprint density at radius 1 is 1.40 bits per heavy atom. The van der Waals surface area contributed by atoms with Crippen molar-refractivity contribution in [2.75, 3.05) is 13.7 Å². The Hall–Kier alpha value is -1.71. The highest BCUT2D eigenvalue weighted by atomic mass is 16.5. The van der Waals surface area contributed by atoms with Gasteiger partial charge in [0, 0.05) is 17.0 Å². The topological polar surface area (TPSA) is 78.2 Å². The zero-order valence-electron chi connectivity index (χ0n) is 12.6. The number of aliphatic hydroxyl groups excluding tert-OH is 1. The van der Waals surface area contributed by atoms with Gasteiger partial charge in [-0.05, 0) is 41.5 Å². The molecule has 1 rings (SSSR count). The number of benzene rings is 1. The van der Waals surface area contributed by atoms with Crippen molar-refractivity contribution in [2.45, 2.75) is 45.1 Å². The smallest absolute Gasteiger partial charge is 0.124 e. The molecule has 110 valence electrons. The molecule has 0 spiro atoms. The number of methoxy groups -OCH3 is 1. The van der Waals surface area contributed by atoms with Gasteiger partial charge in [0.15, 0.2) is 0 Å². The minimum absolute atomic E-state index is 0.0197. The fourth-order valence-corrected chi connectivity index (χ4v) is 2.02. The highest BCUT2D eigenvalue weighted by Gasteiger charge is 2.19. The van der Waals surface area contributed by atoms with E-state index in [1.54, 1.807) is 7.11 Å². The minimum Gasteiger partial charge on any atom is -0.496 e. The van der Waals surface area contributed by atoms with Crippen molar-refractivity contribution in [1.82, 2.24) is 0 Å². The molecule has 5 heteroatoms. The lowest BCUT2D eigenvalue weighted by Crippen LogP contribution is -2.12. The molecule has 20 heavy (non-hydrogen) atoms. The lowest BCUT2D eigenvalue weighted by atomic mass is 9.85. The van der Waals surface area contributed by atoms with Gasteiger partial charge in [0.25, 0.3) is 0 Å². The molecule has 0 bridgehead atoms. The Morgan fingerprint density at radius 2 is 2.10 bits per heavy atom. The van der Waals surface area contributed by atoms with Gasteiger partial charge in [-0.3, -0.25) is 0 Å². The molecule has 0 fully saturated rings. The molecule has 0 saturated carbocycles. The average Bonchev–Trinajstić information content (AvgIpc) is 2.41. The Bertz CT molecular complexity index is 488. The van der Waals surface area contributed by atoms with Crippen LogP contribution in [0.4, 0.5) is 0 Å². The first-order chi connectivity index (χ1) is 9.40. The second-order valence-electron chi connectivity index (χ2n) is 5.82. The van der Waals surface area contributed by atoms with E-state index in [1.807, 2.05) is 18.2 Å². The van der Waals surface area contributed by atoms with E-state index < -0.39 is 6.10 Å². The number of nitrogens with zero attached hydrogens (tertiary/aromatic N) is 3. The maximum absolute atomic E-state index is 10.3. The molecule has 1 N–H and O–H groups in total. The summed E-state index contributed by atoms with van der Waals surface area (Å²) in [6.45, 7) is 6.79. The largest absolute Gasteiger partial charge is 0.496 e. The van der Waals surface area contributed by atoms with E-state index >= 15 is 0 Å². The summed E-state index contributed by atoms with van der Waals surface area (Å²) in [6, 6.07) is 5.92. The lowest BCUT2D eigenvalue weighted by molar-refractivity contribution is 0.161. The van der Waals surface area contributed by atoms with Gasteiger partial charge in [0.05, 0.1) is 13.2 Å². The summed E-state index contributed by atoms with van der Waals surface area (Å²) in [5.74, 6) is 0.689. The normalized spacial score (nSPS) is 12.7. The summed E-state index contributed by atoms with van der Waals surface area (Å²) in [4.78, 5) is 2.70. The summed E-state index contributed by atoms with van der Waals surface area (Å²) in [7, 11) is 1.60. The number of aliphatic hydroxyl groups is 1. The zero-order chi connectivity index (χ0) is 15.2. The minimum atomic E-state index is -0.610. The van der Waals surface area contributed by atoms with Crippen LogP contribution in [-0.2, 0) is 5.41 Å². The van der Waals surface area contributed by atoms with Crippen LogP contribution in [-0.4, -0.2) is 18.8 Å². The van der Waals surface area contributed by atoms with Crippen molar-refractivity contribution >= 4 is 0 Å². The zero-order valence-corrected chi connectivity index (χ0v) is 12.6. The molecule has 0 heterocycles. The summed E-state index contributed by atoms with van der Waals surface area (Å²) >= 11 is 0. The molecule has 0 aliphatic rings. The highest BCUT2D eigenvalue weighted by molar-refractivity contribution is 5.41. The van der Waals surface area contributed by atoms with Crippen LogP contribution in [0.15, 0.2) is 23.3 Å². The van der Waals surface area contributed by atoms with Crippen LogP contribution in [0, 0.1) is 0 Å². The fourth-order valence-electron chi connectivity index (χ4n) is 2.02. The van der Waals surface area contributed by atoms with Crippen molar-refractivity contribution in [2.24, 2.45) is 5.11 Å². The average molecular weight is 277 g/mol. The van der Waals surface area contributed by atoms with Gasteiger partial charge in [-0.2, -0.15) is 0 Å². The molecule has 1 unspecified atom stereocenters. The third-order valence-corrected chi connectivity index (χ3v) is 3.25. The van der Waals surface area contributed by atoms with Crippen LogP contribution in [0.5, 0.6) is 5.75 Å². The van der Waals surface area contributed by atoms with Crippen molar-refractivity contribution in [3.63, 3.8) is 0 Å². The quantitative estimate of drug-likeness (QED) is 0.367. The summed E-state index contributed by atoms with van der Waals surface area (Å²) < 4.78 is 5.32. The summed E-state index contributed by atoms with van der Waals surface area (Å²) in [6.07, 6.45) is 0.582. The van der Waals surface area contributed by atoms with Crippen molar-refractivity contribution in [3.8, 4) is 5.75 Å². The standard InChI is InChI=1S/C15H23N3O2/c1-15(2,3)11-7-8-14(20-4)12(10-11)13(19)6-5-9-17-18-16/h7-8,10,13,19H,5-6,9H2,1-4H3. The van der Waals surface area contributed by atoms with Gasteiger partial charge in [-0.1, -0.05) is 32.0 Å². The molecular formula is C15H23N3O2. The van der Waals surface area contributed by atoms with Gasteiger partial charge in [-0.25, -0.2) is 0 Å². The molecule has 0 aliphatic heterocycles. The molecule has 0 saturated heterocycles. The van der Waals surface area contributed by atoms with Crippen LogP contribution in [0.1, 0.15) is 50.8 Å². The van der Waals surface area contributed by atoms with Crippen molar-refractivity contribution in [3.05, 3.63) is 39.8 Å². The summed E-state index contributed by atoms with van der Waals surface area (Å²) in [5, 5.41) is 13.8. The molecule has 0 aromatic heterocycles. The monoisotopic (exact) mass is 277 g/mol. The van der Waals surface area contributed by atoms with Crippen LogP contribution >= 0.6 is 0 Å². The third-order valence-electron chi connectivity index (χ3n) is 3.25.